The molecular weight excluding hydrogens is 273 g/mol. The molecule has 0 radical (unpaired) electrons. The molecule has 0 bridgehead atoms. The summed E-state index contributed by atoms with van der Waals surface area (Å²) in [6, 6.07) is 7.14. The average Bonchev–Trinajstić information content (AvgIpc) is 2.62. The van der Waals surface area contributed by atoms with Crippen LogP contribution in [0, 0.1) is 22.2 Å². The summed E-state index contributed by atoms with van der Waals surface area (Å²) in [4.78, 5) is 2.80. The van der Waals surface area contributed by atoms with Gasteiger partial charge in [-0.25, -0.2) is 13.2 Å². The lowest BCUT2D eigenvalue weighted by Crippen LogP contribution is -1.96. The van der Waals surface area contributed by atoms with Gasteiger partial charge in [-0.15, -0.1) is 0 Å². The van der Waals surface area contributed by atoms with Crippen LogP contribution in [0.2, 0.25) is 0 Å². The molecule has 6 heteroatoms. The summed E-state index contributed by atoms with van der Waals surface area (Å²) in [7, 11) is 0. The first-order valence-corrected chi connectivity index (χ1v) is 5.82. The van der Waals surface area contributed by atoms with Gasteiger partial charge in [-0.2, -0.15) is 0 Å². The molecule has 96 valence electrons. The van der Waals surface area contributed by atoms with Gasteiger partial charge in [0.25, 0.3) is 0 Å². The van der Waals surface area contributed by atoms with Gasteiger partial charge < -0.3 is 4.98 Å². The second-order valence-corrected chi connectivity index (χ2v) is 4.44. The van der Waals surface area contributed by atoms with E-state index in [-0.39, 0.29) is 10.5 Å². The molecule has 0 saturated heterocycles. The predicted octanol–water partition coefficient (Wildman–Crippen LogP) is 4.11. The van der Waals surface area contributed by atoms with Crippen molar-refractivity contribution in [3.05, 3.63) is 58.6 Å². The van der Waals surface area contributed by atoms with Gasteiger partial charge in [0.1, 0.15) is 17.5 Å². The average molecular weight is 280 g/mol. The fourth-order valence-electron chi connectivity index (χ4n) is 2.01. The molecule has 1 aromatic heterocycles. The number of hydrogen-bond donors (Lipinski definition) is 1. The fourth-order valence-corrected chi connectivity index (χ4v) is 2.32. The minimum absolute atomic E-state index is 0.241. The van der Waals surface area contributed by atoms with Crippen LogP contribution < -0.4 is 0 Å². The quantitative estimate of drug-likeness (QED) is 0.665. The second-order valence-electron chi connectivity index (χ2n) is 4.05. The van der Waals surface area contributed by atoms with Crippen LogP contribution in [-0.2, 0) is 0 Å². The zero-order valence-corrected chi connectivity index (χ0v) is 10.3. The Hall–Kier alpha value is -2.08. The Morgan fingerprint density at radius 1 is 0.895 bits per heavy atom. The van der Waals surface area contributed by atoms with E-state index in [0.29, 0.717) is 11.0 Å². The number of hydrogen-bond acceptors (Lipinski definition) is 1. The van der Waals surface area contributed by atoms with Gasteiger partial charge in [-0.05, 0) is 42.5 Å². The van der Waals surface area contributed by atoms with E-state index in [0.717, 1.165) is 18.2 Å². The molecule has 0 aliphatic heterocycles. The third-order valence-corrected chi connectivity index (χ3v) is 3.03. The molecule has 0 fully saturated rings. The Labute approximate surface area is 111 Å². The number of imidazole rings is 1. The minimum Gasteiger partial charge on any atom is -0.330 e. The molecule has 2 nitrogen and oxygen atoms in total. The maximum absolute atomic E-state index is 13.3. The van der Waals surface area contributed by atoms with Gasteiger partial charge in [-0.1, -0.05) is 0 Å². The Morgan fingerprint density at radius 2 is 1.58 bits per heavy atom. The summed E-state index contributed by atoms with van der Waals surface area (Å²) in [5.74, 6) is -1.82. The fraction of sp³-hybridized carbons (Fsp3) is 0. The van der Waals surface area contributed by atoms with E-state index in [1.807, 2.05) is 0 Å². The van der Waals surface area contributed by atoms with Gasteiger partial charge in [0.2, 0.25) is 0 Å². The molecule has 0 aliphatic carbocycles. The van der Waals surface area contributed by atoms with E-state index < -0.39 is 17.5 Å². The Kier molecular flexibility index (Phi) is 2.67. The molecule has 3 rings (SSSR count). The van der Waals surface area contributed by atoms with Crippen molar-refractivity contribution in [2.75, 3.05) is 0 Å². The zero-order chi connectivity index (χ0) is 13.6. The molecule has 0 aliphatic rings. The predicted molar refractivity (Wildman–Crippen MR) is 68.3 cm³/mol. The van der Waals surface area contributed by atoms with E-state index >= 15 is 0 Å². The van der Waals surface area contributed by atoms with Crippen LogP contribution in [0.15, 0.2) is 36.4 Å². The number of benzene rings is 2. The summed E-state index contributed by atoms with van der Waals surface area (Å²) in [5, 5.41) is 0. The molecule has 0 saturated carbocycles. The molecule has 0 atom stereocenters. The van der Waals surface area contributed by atoms with E-state index in [2.05, 4.69) is 4.98 Å². The third-order valence-electron chi connectivity index (χ3n) is 2.75. The molecule has 0 spiro atoms. The summed E-state index contributed by atoms with van der Waals surface area (Å²) in [5.41, 5.74) is 1.27. The smallest absolute Gasteiger partial charge is 0.182 e. The number of aromatic nitrogens is 2. The number of H-pyrrole nitrogens is 1. The van der Waals surface area contributed by atoms with E-state index in [9.17, 15) is 13.2 Å². The van der Waals surface area contributed by atoms with Crippen molar-refractivity contribution >= 4 is 23.3 Å². The first kappa shape index (κ1) is 12.0. The number of halogens is 3. The first-order valence-electron chi connectivity index (χ1n) is 5.41. The SMILES string of the molecule is Fc1cc(F)cc(-n2c(=S)[nH]c3cc(F)ccc32)c1. The highest BCUT2D eigenvalue weighted by molar-refractivity contribution is 7.71. The molecule has 1 N–H and O–H groups in total. The maximum atomic E-state index is 13.3. The van der Waals surface area contributed by atoms with Crippen molar-refractivity contribution in [1.29, 1.82) is 0 Å². The lowest BCUT2D eigenvalue weighted by atomic mass is 10.2. The van der Waals surface area contributed by atoms with Crippen LogP contribution in [0.5, 0.6) is 0 Å². The lowest BCUT2D eigenvalue weighted by Gasteiger charge is -2.05. The van der Waals surface area contributed by atoms with E-state index in [1.54, 1.807) is 0 Å². The molecule has 0 amide bonds. The highest BCUT2D eigenvalue weighted by atomic mass is 32.1. The van der Waals surface area contributed by atoms with Crippen molar-refractivity contribution in [3.8, 4) is 5.69 Å². The summed E-state index contributed by atoms with van der Waals surface area (Å²) in [6.07, 6.45) is 0. The second kappa shape index (κ2) is 4.24. The maximum Gasteiger partial charge on any atom is 0.182 e. The van der Waals surface area contributed by atoms with Gasteiger partial charge in [0, 0.05) is 6.07 Å². The minimum atomic E-state index is -0.701. The van der Waals surface area contributed by atoms with Gasteiger partial charge in [0.05, 0.1) is 16.7 Å². The number of nitrogens with one attached hydrogen (secondary N) is 1. The number of fused-ring (bicyclic) bond motifs is 1. The van der Waals surface area contributed by atoms with Crippen LogP contribution in [-0.4, -0.2) is 9.55 Å². The number of aromatic amines is 1. The van der Waals surface area contributed by atoms with Crippen LogP contribution in [0.3, 0.4) is 0 Å². The summed E-state index contributed by atoms with van der Waals surface area (Å²) >= 11 is 5.10. The Morgan fingerprint density at radius 3 is 2.26 bits per heavy atom. The monoisotopic (exact) mass is 280 g/mol. The Bertz CT molecular complexity index is 815. The highest BCUT2D eigenvalue weighted by Gasteiger charge is 2.09. The van der Waals surface area contributed by atoms with Gasteiger partial charge in [-0.3, -0.25) is 4.57 Å². The molecule has 19 heavy (non-hydrogen) atoms. The van der Waals surface area contributed by atoms with E-state index in [1.165, 1.54) is 22.8 Å². The number of nitrogens with zero attached hydrogens (tertiary/aromatic N) is 1. The van der Waals surface area contributed by atoms with Gasteiger partial charge in [0.15, 0.2) is 4.77 Å². The lowest BCUT2D eigenvalue weighted by molar-refractivity contribution is 0.581. The molecule has 2 aromatic carbocycles. The number of rotatable bonds is 1. The zero-order valence-electron chi connectivity index (χ0n) is 9.45. The first-order chi connectivity index (χ1) is 9.04. The van der Waals surface area contributed by atoms with Crippen LogP contribution in [0.1, 0.15) is 0 Å². The van der Waals surface area contributed by atoms with Crippen molar-refractivity contribution in [3.63, 3.8) is 0 Å². The normalized spacial score (nSPS) is 11.1. The molecule has 3 aromatic rings. The van der Waals surface area contributed by atoms with Crippen molar-refractivity contribution in [2.45, 2.75) is 0 Å². The van der Waals surface area contributed by atoms with Crippen LogP contribution in [0.4, 0.5) is 13.2 Å². The third kappa shape index (κ3) is 2.04. The molecule has 0 unspecified atom stereocenters. The Balaban J connectivity index is 2.36. The van der Waals surface area contributed by atoms with E-state index in [4.69, 9.17) is 12.2 Å². The van der Waals surface area contributed by atoms with Crippen molar-refractivity contribution in [1.82, 2.24) is 9.55 Å². The topological polar surface area (TPSA) is 20.7 Å². The van der Waals surface area contributed by atoms with Crippen molar-refractivity contribution in [2.24, 2.45) is 0 Å². The standard InChI is InChI=1S/C13H7F3N2S/c14-7-1-2-12-11(6-7)17-13(19)18(12)10-4-8(15)3-9(16)5-10/h1-6H,(H,17,19). The molecular formula is C13H7F3N2S. The summed E-state index contributed by atoms with van der Waals surface area (Å²) in [6.45, 7) is 0. The largest absolute Gasteiger partial charge is 0.330 e. The van der Waals surface area contributed by atoms with Crippen molar-refractivity contribution < 1.29 is 13.2 Å². The highest BCUT2D eigenvalue weighted by Crippen LogP contribution is 2.21. The van der Waals surface area contributed by atoms with Crippen LogP contribution >= 0.6 is 12.2 Å². The van der Waals surface area contributed by atoms with Crippen LogP contribution in [0.25, 0.3) is 16.7 Å². The van der Waals surface area contributed by atoms with Gasteiger partial charge >= 0.3 is 0 Å². The molecule has 1 heterocycles. The summed E-state index contributed by atoms with van der Waals surface area (Å²) < 4.78 is 41.3.